The van der Waals surface area contributed by atoms with Gasteiger partial charge in [0.1, 0.15) is 6.26 Å². The second kappa shape index (κ2) is 13.2. The molecule has 3 N–H and O–H groups in total. The van der Waals surface area contributed by atoms with Crippen LogP contribution in [0.3, 0.4) is 0 Å². The van der Waals surface area contributed by atoms with Crippen molar-refractivity contribution in [2.45, 2.75) is 0 Å². The van der Waals surface area contributed by atoms with Crippen molar-refractivity contribution in [3.05, 3.63) is 97.0 Å². The summed E-state index contributed by atoms with van der Waals surface area (Å²) in [6, 6.07) is 0. The molecule has 0 aromatic carbocycles. The fourth-order valence-electron chi connectivity index (χ4n) is 1.25. The summed E-state index contributed by atoms with van der Waals surface area (Å²) in [6.45, 7) is 0. The molecule has 0 bridgehead atoms. The molecule has 0 aromatic heterocycles. The lowest BCUT2D eigenvalue weighted by Gasteiger charge is -1.95. The first-order valence-electron chi connectivity index (χ1n) is 6.94. The van der Waals surface area contributed by atoms with Gasteiger partial charge in [0.25, 0.3) is 0 Å². The lowest BCUT2D eigenvalue weighted by molar-refractivity contribution is -0.297. The third-order valence-electron chi connectivity index (χ3n) is 2.30. The summed E-state index contributed by atoms with van der Waals surface area (Å²) in [7, 11) is 0. The van der Waals surface area contributed by atoms with E-state index in [1.165, 1.54) is 18.5 Å². The van der Waals surface area contributed by atoms with Gasteiger partial charge in [-0.25, -0.2) is 0 Å². The number of nitrogens with two attached hydrogens (primary N) is 1. The van der Waals surface area contributed by atoms with Gasteiger partial charge in [-0.15, -0.1) is 10.7 Å². The van der Waals surface area contributed by atoms with Crippen molar-refractivity contribution in [1.29, 1.82) is 0 Å². The van der Waals surface area contributed by atoms with E-state index in [2.05, 4.69) is 25.8 Å². The zero-order valence-electron chi connectivity index (χ0n) is 12.9. The number of hydrogen-bond donors (Lipinski definition) is 2. The van der Waals surface area contributed by atoms with E-state index in [1.54, 1.807) is 24.3 Å². The number of amides is 1. The number of rotatable bonds is 1. The maximum atomic E-state index is 11.2. The molecule has 1 rings (SSSR count). The Balaban J connectivity index is 2.78. The highest BCUT2D eigenvalue weighted by Crippen LogP contribution is 1.97. The minimum atomic E-state index is -0.630. The van der Waals surface area contributed by atoms with Crippen molar-refractivity contribution >= 4 is 5.91 Å². The maximum absolute atomic E-state index is 11.2. The number of allylic oxidation sites excluding steroid dienone is 12. The van der Waals surface area contributed by atoms with Gasteiger partial charge >= 0.3 is 0 Å². The van der Waals surface area contributed by atoms with Gasteiger partial charge in [0.2, 0.25) is 5.91 Å². The molecule has 0 fully saturated rings. The Morgan fingerprint density at radius 1 is 0.875 bits per heavy atom. The van der Waals surface area contributed by atoms with Gasteiger partial charge in [0.05, 0.1) is 11.8 Å². The fraction of sp³-hybridized carbons (Fsp3) is 0. The predicted molar refractivity (Wildman–Crippen MR) is 91.4 cm³/mol. The Morgan fingerprint density at radius 2 is 1.42 bits per heavy atom. The van der Waals surface area contributed by atoms with Crippen LogP contribution < -0.4 is 11.3 Å². The molecule has 0 spiro atoms. The molecule has 0 aromatic rings. The van der Waals surface area contributed by atoms with Gasteiger partial charge in [-0.05, 0) is 22.4 Å². The van der Waals surface area contributed by atoms with E-state index in [1.807, 2.05) is 48.6 Å². The molecule has 0 saturated heterocycles. The number of primary amides is 1. The van der Waals surface area contributed by atoms with Crippen LogP contribution in [0.25, 0.3) is 0 Å². The van der Waals surface area contributed by atoms with Crippen molar-refractivity contribution in [2.24, 2.45) is 16.1 Å². The van der Waals surface area contributed by atoms with E-state index < -0.39 is 5.91 Å². The maximum Gasteiger partial charge on any atom is 0.250 e. The summed E-state index contributed by atoms with van der Waals surface area (Å²) in [5, 5.41) is 6.99. The fourth-order valence-corrected chi connectivity index (χ4v) is 1.25. The molecule has 7 nitrogen and oxygen atoms in total. The van der Waals surface area contributed by atoms with Gasteiger partial charge in [-0.3, -0.25) is 4.79 Å². The van der Waals surface area contributed by atoms with E-state index in [0.717, 1.165) is 0 Å². The van der Waals surface area contributed by atoms with Crippen LogP contribution in [0.1, 0.15) is 0 Å². The molecule has 1 aliphatic heterocycles. The molecule has 0 radical (unpaired) electrons. The molecular formula is C17H18N4O3. The molecule has 24 heavy (non-hydrogen) atoms. The van der Waals surface area contributed by atoms with E-state index >= 15 is 0 Å². The molecule has 1 amide bonds. The number of nitrogens with one attached hydrogen (secondary N) is 1. The summed E-state index contributed by atoms with van der Waals surface area (Å²) >= 11 is 0. The van der Waals surface area contributed by atoms with Crippen LogP contribution in [-0.2, 0) is 14.7 Å². The van der Waals surface area contributed by atoms with E-state index in [-0.39, 0.29) is 5.57 Å². The molecule has 0 atom stereocenters. The molecule has 0 saturated carbocycles. The van der Waals surface area contributed by atoms with E-state index in [4.69, 9.17) is 5.73 Å². The largest absolute Gasteiger partial charge is 0.366 e. The Labute approximate surface area is 140 Å². The minimum absolute atomic E-state index is 0.177. The first-order valence-corrected chi connectivity index (χ1v) is 6.94. The number of carbonyl (C=O) groups excluding carboxylic acids is 1. The summed E-state index contributed by atoms with van der Waals surface area (Å²) in [5.41, 5.74) is 7.47. The normalized spacial score (nSPS) is 27.6. The van der Waals surface area contributed by atoms with Crippen LogP contribution in [0.2, 0.25) is 0 Å². The molecule has 124 valence electrons. The summed E-state index contributed by atoms with van der Waals surface area (Å²) < 4.78 is 0. The Morgan fingerprint density at radius 3 is 2.00 bits per heavy atom. The molecular weight excluding hydrogens is 308 g/mol. The molecule has 0 unspecified atom stereocenters. The van der Waals surface area contributed by atoms with Crippen LogP contribution in [0.4, 0.5) is 0 Å². The van der Waals surface area contributed by atoms with Crippen LogP contribution in [0, 0.1) is 0 Å². The topological polar surface area (TPSA) is 98.3 Å². The molecule has 1 heterocycles. The predicted octanol–water partition coefficient (Wildman–Crippen LogP) is 3.04. The standard InChI is InChI=1S/C17H18N4O3/c18-17(22)16-13-11-9-7-5-3-1-2-4-6-8-10-12-14-23-24-21-20-19-15-16/h1-15H,(H2,18,22)(H,19,21)/b2-1-,5-3-,6-4-,9-7-,10-8-,13-11-,14-12-,16-15+. The zero-order chi connectivity index (χ0) is 17.3. The van der Waals surface area contributed by atoms with Crippen molar-refractivity contribution in [1.82, 2.24) is 5.59 Å². The summed E-state index contributed by atoms with van der Waals surface area (Å²) in [4.78, 5) is 20.3. The van der Waals surface area contributed by atoms with Gasteiger partial charge in [-0.1, -0.05) is 66.8 Å². The van der Waals surface area contributed by atoms with Gasteiger partial charge < -0.3 is 10.6 Å². The van der Waals surface area contributed by atoms with Crippen molar-refractivity contribution in [3.8, 4) is 0 Å². The number of nitrogens with zero attached hydrogens (tertiary/aromatic N) is 2. The lowest BCUT2D eigenvalue weighted by atomic mass is 10.2. The summed E-state index contributed by atoms with van der Waals surface area (Å²) in [6.07, 6.45) is 25.6. The number of carbonyl (C=O) groups is 1. The van der Waals surface area contributed by atoms with Crippen molar-refractivity contribution < 1.29 is 14.7 Å². The van der Waals surface area contributed by atoms with E-state index in [0.29, 0.717) is 0 Å². The van der Waals surface area contributed by atoms with Crippen molar-refractivity contribution in [2.75, 3.05) is 0 Å². The van der Waals surface area contributed by atoms with Crippen LogP contribution >= 0.6 is 0 Å². The zero-order valence-corrected chi connectivity index (χ0v) is 12.9. The van der Waals surface area contributed by atoms with Gasteiger partial charge in [-0.2, -0.15) is 0 Å². The number of hydrogen-bond acceptors (Lipinski definition) is 6. The minimum Gasteiger partial charge on any atom is -0.366 e. The average Bonchev–Trinajstić information content (AvgIpc) is 2.57. The summed E-state index contributed by atoms with van der Waals surface area (Å²) in [5.74, 6) is -0.630. The van der Waals surface area contributed by atoms with Gasteiger partial charge in [0.15, 0.2) is 0 Å². The van der Waals surface area contributed by atoms with Crippen molar-refractivity contribution in [3.63, 3.8) is 0 Å². The average molecular weight is 326 g/mol. The highest BCUT2D eigenvalue weighted by Gasteiger charge is 1.98. The lowest BCUT2D eigenvalue weighted by Crippen LogP contribution is -2.12. The van der Waals surface area contributed by atoms with E-state index in [9.17, 15) is 4.79 Å². The third kappa shape index (κ3) is 10.3. The smallest absolute Gasteiger partial charge is 0.250 e. The molecule has 0 aliphatic carbocycles. The highest BCUT2D eigenvalue weighted by atomic mass is 17.3. The molecule has 1 aliphatic rings. The Kier molecular flexibility index (Phi) is 10.3. The van der Waals surface area contributed by atoms with Crippen LogP contribution in [0.5, 0.6) is 0 Å². The Bertz CT molecular complexity index is 651. The van der Waals surface area contributed by atoms with Crippen LogP contribution in [-0.4, -0.2) is 5.91 Å². The highest BCUT2D eigenvalue weighted by molar-refractivity contribution is 5.94. The van der Waals surface area contributed by atoms with Gasteiger partial charge in [0, 0.05) is 0 Å². The molecule has 7 heteroatoms. The third-order valence-corrected chi connectivity index (χ3v) is 2.30. The first-order chi connectivity index (χ1) is 11.8. The second-order valence-corrected chi connectivity index (χ2v) is 4.05. The quantitative estimate of drug-likeness (QED) is 0.724. The second-order valence-electron chi connectivity index (χ2n) is 4.05. The Hall–Kier alpha value is -3.45. The van der Waals surface area contributed by atoms with Crippen LogP contribution in [0.15, 0.2) is 107 Å². The SMILES string of the molecule is NC(=O)C1=C\N=NNOO\C=C/C=C\C=C/C=C\C=C/C=C\C=C/1. The monoisotopic (exact) mass is 326 g/mol. The first kappa shape index (κ1) is 18.6.